The van der Waals surface area contributed by atoms with Crippen LogP contribution in [0.5, 0.6) is 5.75 Å². The Morgan fingerprint density at radius 1 is 0.892 bits per heavy atom. The summed E-state index contributed by atoms with van der Waals surface area (Å²) in [6, 6.07) is 21.2. The predicted molar refractivity (Wildman–Crippen MR) is 137 cm³/mol. The SMILES string of the molecule is COc1ccc(CN2C(=O)c3ccccc3C2=O)cc1C(=O)N1CCC(C(=O)Nc2ccccc2)CC1. The molecule has 1 fully saturated rings. The van der Waals surface area contributed by atoms with Crippen LogP contribution in [0.2, 0.25) is 0 Å². The van der Waals surface area contributed by atoms with Gasteiger partial charge in [0, 0.05) is 24.7 Å². The second-order valence-electron chi connectivity index (χ2n) is 9.20. The zero-order valence-corrected chi connectivity index (χ0v) is 20.5. The second-order valence-corrected chi connectivity index (χ2v) is 9.20. The van der Waals surface area contributed by atoms with Gasteiger partial charge in [0.2, 0.25) is 5.91 Å². The number of imide groups is 1. The molecule has 0 bridgehead atoms. The van der Waals surface area contributed by atoms with Crippen molar-refractivity contribution in [3.8, 4) is 5.75 Å². The highest BCUT2D eigenvalue weighted by atomic mass is 16.5. The summed E-state index contributed by atoms with van der Waals surface area (Å²) >= 11 is 0. The lowest BCUT2D eigenvalue weighted by molar-refractivity contribution is -0.121. The van der Waals surface area contributed by atoms with Crippen molar-refractivity contribution in [3.05, 3.63) is 95.1 Å². The minimum Gasteiger partial charge on any atom is -0.496 e. The standard InChI is InChI=1S/C29H27N3O5/c1-37-25-12-11-19(18-32-28(35)22-9-5-6-10-23(22)29(32)36)17-24(25)27(34)31-15-13-20(14-16-31)26(33)30-21-7-3-2-4-8-21/h2-12,17,20H,13-16,18H2,1H3,(H,30,33). The van der Waals surface area contributed by atoms with Crippen LogP contribution in [-0.4, -0.2) is 53.6 Å². The number of nitrogens with zero attached hydrogens (tertiary/aromatic N) is 2. The minimum atomic E-state index is -0.347. The first-order valence-electron chi connectivity index (χ1n) is 12.2. The number of hydrogen-bond acceptors (Lipinski definition) is 5. The number of anilines is 1. The largest absolute Gasteiger partial charge is 0.496 e. The maximum atomic E-state index is 13.4. The van der Waals surface area contributed by atoms with Crippen molar-refractivity contribution in [2.75, 3.05) is 25.5 Å². The average molecular weight is 498 g/mol. The highest BCUT2D eigenvalue weighted by Crippen LogP contribution is 2.28. The summed E-state index contributed by atoms with van der Waals surface area (Å²) in [4.78, 5) is 54.6. The normalized spacial score (nSPS) is 15.5. The Morgan fingerprint density at radius 2 is 1.51 bits per heavy atom. The molecule has 2 aliphatic heterocycles. The van der Waals surface area contributed by atoms with Gasteiger partial charge in [-0.2, -0.15) is 0 Å². The number of methoxy groups -OCH3 is 1. The summed E-state index contributed by atoms with van der Waals surface area (Å²) in [5.74, 6) is -0.701. The Bertz CT molecular complexity index is 1330. The zero-order chi connectivity index (χ0) is 25.9. The lowest BCUT2D eigenvalue weighted by Crippen LogP contribution is -2.41. The Balaban J connectivity index is 1.26. The first-order valence-corrected chi connectivity index (χ1v) is 12.2. The predicted octanol–water partition coefficient (Wildman–Crippen LogP) is 3.98. The number of nitrogens with one attached hydrogen (secondary N) is 1. The van der Waals surface area contributed by atoms with Crippen LogP contribution in [-0.2, 0) is 11.3 Å². The van der Waals surface area contributed by atoms with E-state index in [0.717, 1.165) is 5.69 Å². The molecule has 3 aromatic rings. The van der Waals surface area contributed by atoms with E-state index < -0.39 is 0 Å². The lowest BCUT2D eigenvalue weighted by Gasteiger charge is -2.32. The van der Waals surface area contributed by atoms with Crippen LogP contribution in [0.3, 0.4) is 0 Å². The van der Waals surface area contributed by atoms with E-state index in [2.05, 4.69) is 5.32 Å². The van der Waals surface area contributed by atoms with Crippen LogP contribution < -0.4 is 10.1 Å². The monoisotopic (exact) mass is 497 g/mol. The van der Waals surface area contributed by atoms with Crippen LogP contribution >= 0.6 is 0 Å². The van der Waals surface area contributed by atoms with Crippen molar-refractivity contribution in [1.82, 2.24) is 9.80 Å². The van der Waals surface area contributed by atoms with E-state index in [1.165, 1.54) is 12.0 Å². The number of ether oxygens (including phenoxy) is 1. The van der Waals surface area contributed by atoms with Crippen molar-refractivity contribution in [1.29, 1.82) is 0 Å². The topological polar surface area (TPSA) is 96.0 Å². The molecule has 1 N–H and O–H groups in total. The quantitative estimate of drug-likeness (QED) is 0.520. The first kappa shape index (κ1) is 24.2. The third-order valence-electron chi connectivity index (χ3n) is 6.91. The second kappa shape index (κ2) is 10.3. The molecule has 0 spiro atoms. The van der Waals surface area contributed by atoms with Gasteiger partial charge < -0.3 is 15.0 Å². The molecule has 2 heterocycles. The lowest BCUT2D eigenvalue weighted by atomic mass is 9.95. The summed E-state index contributed by atoms with van der Waals surface area (Å²) in [6.07, 6.45) is 1.11. The van der Waals surface area contributed by atoms with Crippen molar-refractivity contribution in [2.45, 2.75) is 19.4 Å². The summed E-state index contributed by atoms with van der Waals surface area (Å²) in [7, 11) is 1.50. The number of benzene rings is 3. The highest BCUT2D eigenvalue weighted by molar-refractivity contribution is 6.21. The van der Waals surface area contributed by atoms with Crippen LogP contribution in [0.25, 0.3) is 0 Å². The van der Waals surface area contributed by atoms with Gasteiger partial charge in [-0.3, -0.25) is 24.1 Å². The number of rotatable bonds is 6. The van der Waals surface area contributed by atoms with Gasteiger partial charge in [0.05, 0.1) is 30.3 Å². The number of hydrogen-bond donors (Lipinski definition) is 1. The van der Waals surface area contributed by atoms with Gasteiger partial charge >= 0.3 is 0 Å². The molecule has 0 atom stereocenters. The maximum absolute atomic E-state index is 13.4. The van der Waals surface area contributed by atoms with Gasteiger partial charge in [0.1, 0.15) is 5.75 Å². The third kappa shape index (κ3) is 4.82. The molecule has 0 unspecified atom stereocenters. The molecule has 0 radical (unpaired) electrons. The Morgan fingerprint density at radius 3 is 2.14 bits per heavy atom. The number of para-hydroxylation sites is 1. The maximum Gasteiger partial charge on any atom is 0.261 e. The van der Waals surface area contributed by atoms with E-state index in [4.69, 9.17) is 4.74 Å². The van der Waals surface area contributed by atoms with E-state index in [0.29, 0.717) is 53.9 Å². The van der Waals surface area contributed by atoms with Gasteiger partial charge in [-0.1, -0.05) is 36.4 Å². The van der Waals surface area contributed by atoms with Crippen molar-refractivity contribution < 1.29 is 23.9 Å². The molecule has 8 heteroatoms. The molecule has 0 aliphatic carbocycles. The van der Waals surface area contributed by atoms with E-state index in [1.54, 1.807) is 47.4 Å². The Kier molecular flexibility index (Phi) is 6.72. The molecule has 0 aromatic heterocycles. The molecular formula is C29H27N3O5. The summed E-state index contributed by atoms with van der Waals surface area (Å²) in [5.41, 5.74) is 2.54. The van der Waals surface area contributed by atoms with Gasteiger partial charge in [-0.15, -0.1) is 0 Å². The molecule has 8 nitrogen and oxygen atoms in total. The van der Waals surface area contributed by atoms with Crippen LogP contribution in [0, 0.1) is 5.92 Å². The van der Waals surface area contributed by atoms with Crippen molar-refractivity contribution >= 4 is 29.3 Å². The first-order chi connectivity index (χ1) is 18.0. The van der Waals surface area contributed by atoms with E-state index in [1.807, 2.05) is 30.3 Å². The number of fused-ring (bicyclic) bond motifs is 1. The number of likely N-dealkylation sites (tertiary alicyclic amines) is 1. The molecule has 188 valence electrons. The number of carbonyl (C=O) groups is 4. The van der Waals surface area contributed by atoms with Crippen LogP contribution in [0.15, 0.2) is 72.8 Å². The van der Waals surface area contributed by atoms with Gasteiger partial charge in [0.25, 0.3) is 17.7 Å². The van der Waals surface area contributed by atoms with Gasteiger partial charge in [0.15, 0.2) is 0 Å². The zero-order valence-electron chi connectivity index (χ0n) is 20.5. The fourth-order valence-electron chi connectivity index (χ4n) is 4.87. The molecule has 1 saturated heterocycles. The number of amides is 4. The smallest absolute Gasteiger partial charge is 0.261 e. The summed E-state index contributed by atoms with van der Waals surface area (Å²) < 4.78 is 5.44. The molecule has 5 rings (SSSR count). The van der Waals surface area contributed by atoms with E-state index in [-0.39, 0.29) is 36.1 Å². The molecule has 37 heavy (non-hydrogen) atoms. The van der Waals surface area contributed by atoms with Crippen LogP contribution in [0.4, 0.5) is 5.69 Å². The molecular weight excluding hydrogens is 470 g/mol. The van der Waals surface area contributed by atoms with Gasteiger partial charge in [-0.25, -0.2) is 0 Å². The summed E-state index contributed by atoms with van der Waals surface area (Å²) in [6.45, 7) is 0.938. The Labute approximate surface area is 214 Å². The number of carbonyl (C=O) groups excluding carboxylic acids is 4. The van der Waals surface area contributed by atoms with Crippen LogP contribution in [0.1, 0.15) is 49.5 Å². The average Bonchev–Trinajstić information content (AvgIpc) is 3.18. The molecule has 4 amide bonds. The fourth-order valence-corrected chi connectivity index (χ4v) is 4.87. The van der Waals surface area contributed by atoms with E-state index in [9.17, 15) is 19.2 Å². The van der Waals surface area contributed by atoms with Crippen molar-refractivity contribution in [2.24, 2.45) is 5.92 Å². The number of piperidine rings is 1. The van der Waals surface area contributed by atoms with E-state index >= 15 is 0 Å². The highest BCUT2D eigenvalue weighted by Gasteiger charge is 2.35. The summed E-state index contributed by atoms with van der Waals surface area (Å²) in [5, 5.41) is 2.94. The third-order valence-corrected chi connectivity index (χ3v) is 6.91. The molecule has 2 aliphatic rings. The van der Waals surface area contributed by atoms with Gasteiger partial charge in [-0.05, 0) is 54.8 Å². The molecule has 0 saturated carbocycles. The fraction of sp³-hybridized carbons (Fsp3) is 0.241. The molecule has 3 aromatic carbocycles. The Hall–Kier alpha value is -4.46. The van der Waals surface area contributed by atoms with Crippen molar-refractivity contribution in [3.63, 3.8) is 0 Å². The minimum absolute atomic E-state index is 0.0428.